The number of para-hydroxylation sites is 1. The highest BCUT2D eigenvalue weighted by Gasteiger charge is 2.31. The number of carbonyl (C=O) groups is 2. The van der Waals surface area contributed by atoms with Crippen LogP contribution in [-0.2, 0) is 29.1 Å². The molecule has 0 bridgehead atoms. The third kappa shape index (κ3) is 7.15. The van der Waals surface area contributed by atoms with E-state index in [1.807, 2.05) is 78.9 Å². The van der Waals surface area contributed by atoms with Crippen molar-refractivity contribution in [3.63, 3.8) is 0 Å². The van der Waals surface area contributed by atoms with E-state index in [0.29, 0.717) is 21.4 Å². The van der Waals surface area contributed by atoms with Gasteiger partial charge in [-0.2, -0.15) is 0 Å². The molecular weight excluding hydrogens is 519 g/mol. The van der Waals surface area contributed by atoms with Crippen LogP contribution in [0, 0.1) is 0 Å². The second kappa shape index (κ2) is 13.1. The number of halogens is 2. The van der Waals surface area contributed by atoms with Crippen molar-refractivity contribution in [3.8, 4) is 5.75 Å². The first kappa shape index (κ1) is 27.2. The molecule has 0 spiro atoms. The van der Waals surface area contributed by atoms with Crippen LogP contribution in [0.3, 0.4) is 0 Å². The topological polar surface area (TPSA) is 58.6 Å². The van der Waals surface area contributed by atoms with E-state index in [1.54, 1.807) is 36.3 Å². The van der Waals surface area contributed by atoms with E-state index >= 15 is 0 Å². The molecule has 38 heavy (non-hydrogen) atoms. The quantitative estimate of drug-likeness (QED) is 0.243. The second-order valence-electron chi connectivity index (χ2n) is 8.79. The highest BCUT2D eigenvalue weighted by molar-refractivity contribution is 6.30. The van der Waals surface area contributed by atoms with Gasteiger partial charge in [0.15, 0.2) is 0 Å². The fourth-order valence-electron chi connectivity index (χ4n) is 4.22. The molecule has 0 unspecified atom stereocenters. The summed E-state index contributed by atoms with van der Waals surface area (Å²) in [5, 5.41) is 4.22. The number of hydrogen-bond donors (Lipinski definition) is 1. The normalized spacial score (nSPS) is 11.4. The first-order valence-electron chi connectivity index (χ1n) is 12.2. The maximum absolute atomic E-state index is 13.8. The van der Waals surface area contributed by atoms with Crippen LogP contribution in [0.25, 0.3) is 0 Å². The Morgan fingerprint density at radius 3 is 2.00 bits per heavy atom. The summed E-state index contributed by atoms with van der Waals surface area (Å²) in [7, 11) is 1.59. The summed E-state index contributed by atoms with van der Waals surface area (Å²) < 4.78 is 5.44. The van der Waals surface area contributed by atoms with Crippen molar-refractivity contribution in [1.29, 1.82) is 0 Å². The molecule has 0 saturated heterocycles. The van der Waals surface area contributed by atoms with Crippen LogP contribution in [-0.4, -0.2) is 23.8 Å². The number of ether oxygens (including phenoxy) is 1. The second-order valence-corrected chi connectivity index (χ2v) is 9.67. The van der Waals surface area contributed by atoms with E-state index in [-0.39, 0.29) is 31.3 Å². The van der Waals surface area contributed by atoms with Gasteiger partial charge in [0.1, 0.15) is 11.8 Å². The third-order valence-corrected chi connectivity index (χ3v) is 6.68. The van der Waals surface area contributed by atoms with E-state index in [1.165, 1.54) is 0 Å². The molecule has 2 amide bonds. The lowest BCUT2D eigenvalue weighted by Gasteiger charge is -2.32. The summed E-state index contributed by atoms with van der Waals surface area (Å²) in [5.74, 6) is 0.199. The minimum Gasteiger partial charge on any atom is -0.496 e. The van der Waals surface area contributed by atoms with E-state index in [0.717, 1.165) is 16.7 Å². The molecule has 0 fully saturated rings. The summed E-state index contributed by atoms with van der Waals surface area (Å²) >= 11 is 12.1. The minimum atomic E-state index is -0.860. The van der Waals surface area contributed by atoms with Gasteiger partial charge in [-0.05, 0) is 47.0 Å². The van der Waals surface area contributed by atoms with E-state index in [4.69, 9.17) is 27.9 Å². The molecule has 194 valence electrons. The summed E-state index contributed by atoms with van der Waals surface area (Å²) in [6, 6.07) is 30.4. The minimum absolute atomic E-state index is 0.119. The average Bonchev–Trinajstić information content (AvgIpc) is 2.94. The number of hydrogen-bond acceptors (Lipinski definition) is 3. The largest absolute Gasteiger partial charge is 0.496 e. The van der Waals surface area contributed by atoms with Gasteiger partial charge in [-0.1, -0.05) is 96.0 Å². The molecule has 0 aliphatic rings. The highest BCUT2D eigenvalue weighted by atomic mass is 35.5. The van der Waals surface area contributed by atoms with Crippen LogP contribution in [0.15, 0.2) is 103 Å². The van der Waals surface area contributed by atoms with Gasteiger partial charge in [-0.25, -0.2) is 0 Å². The van der Waals surface area contributed by atoms with Gasteiger partial charge in [0, 0.05) is 28.7 Å². The van der Waals surface area contributed by atoms with Crippen LogP contribution in [0.4, 0.5) is 0 Å². The maximum atomic E-state index is 13.8. The van der Waals surface area contributed by atoms with Crippen molar-refractivity contribution in [3.05, 3.63) is 135 Å². The van der Waals surface area contributed by atoms with Gasteiger partial charge in [-0.15, -0.1) is 0 Å². The SMILES string of the molecule is COc1ccccc1CNC(=O)[C@@H](c1ccccc1)N(Cc1ccc(Cl)cc1)C(=O)Cc1ccc(Cl)cc1. The first-order chi connectivity index (χ1) is 18.4. The molecule has 7 heteroatoms. The van der Waals surface area contributed by atoms with E-state index in [9.17, 15) is 9.59 Å². The average molecular weight is 547 g/mol. The Labute approximate surface area is 233 Å². The van der Waals surface area contributed by atoms with Crippen molar-refractivity contribution in [2.45, 2.75) is 25.6 Å². The smallest absolute Gasteiger partial charge is 0.247 e. The van der Waals surface area contributed by atoms with Gasteiger partial charge in [0.25, 0.3) is 0 Å². The summed E-state index contributed by atoms with van der Waals surface area (Å²) in [6.07, 6.45) is 0.119. The van der Waals surface area contributed by atoms with Gasteiger partial charge < -0.3 is 15.0 Å². The molecule has 4 aromatic carbocycles. The zero-order valence-corrected chi connectivity index (χ0v) is 22.5. The van der Waals surface area contributed by atoms with Crippen LogP contribution in [0.5, 0.6) is 5.75 Å². The molecule has 4 rings (SSSR count). The Hall–Kier alpha value is -3.80. The number of carbonyl (C=O) groups excluding carboxylic acids is 2. The van der Waals surface area contributed by atoms with Gasteiger partial charge in [0.05, 0.1) is 13.5 Å². The van der Waals surface area contributed by atoms with Crippen LogP contribution >= 0.6 is 23.2 Å². The number of benzene rings is 4. The molecule has 0 aliphatic heterocycles. The Kier molecular flexibility index (Phi) is 9.41. The molecule has 0 aliphatic carbocycles. The van der Waals surface area contributed by atoms with E-state index < -0.39 is 6.04 Å². The van der Waals surface area contributed by atoms with Crippen LogP contribution < -0.4 is 10.1 Å². The monoisotopic (exact) mass is 546 g/mol. The zero-order chi connectivity index (χ0) is 26.9. The number of nitrogens with zero attached hydrogens (tertiary/aromatic N) is 1. The van der Waals surface area contributed by atoms with Crippen molar-refractivity contribution in [2.24, 2.45) is 0 Å². The fraction of sp³-hybridized carbons (Fsp3) is 0.161. The van der Waals surface area contributed by atoms with Gasteiger partial charge in [-0.3, -0.25) is 9.59 Å². The Bertz CT molecular complexity index is 1360. The van der Waals surface area contributed by atoms with Crippen molar-refractivity contribution in [1.82, 2.24) is 10.2 Å². The molecular formula is C31H28Cl2N2O3. The molecule has 4 aromatic rings. The number of rotatable bonds is 10. The highest BCUT2D eigenvalue weighted by Crippen LogP contribution is 2.26. The Balaban J connectivity index is 1.67. The lowest BCUT2D eigenvalue weighted by molar-refractivity contribution is -0.141. The number of amides is 2. The van der Waals surface area contributed by atoms with E-state index in [2.05, 4.69) is 5.32 Å². The van der Waals surface area contributed by atoms with Crippen molar-refractivity contribution >= 4 is 35.0 Å². The lowest BCUT2D eigenvalue weighted by atomic mass is 10.0. The molecule has 0 heterocycles. The third-order valence-electron chi connectivity index (χ3n) is 6.18. The molecule has 0 saturated carbocycles. The van der Waals surface area contributed by atoms with Crippen LogP contribution in [0.2, 0.25) is 10.0 Å². The molecule has 5 nitrogen and oxygen atoms in total. The molecule has 0 radical (unpaired) electrons. The van der Waals surface area contributed by atoms with Crippen molar-refractivity contribution in [2.75, 3.05) is 7.11 Å². The predicted molar refractivity (Wildman–Crippen MR) is 151 cm³/mol. The molecule has 1 N–H and O–H groups in total. The maximum Gasteiger partial charge on any atom is 0.247 e. The Morgan fingerprint density at radius 1 is 0.789 bits per heavy atom. The van der Waals surface area contributed by atoms with Crippen LogP contribution in [0.1, 0.15) is 28.3 Å². The van der Waals surface area contributed by atoms with Gasteiger partial charge >= 0.3 is 0 Å². The molecule has 0 aromatic heterocycles. The predicted octanol–water partition coefficient (Wildman–Crippen LogP) is 6.63. The van der Waals surface area contributed by atoms with Crippen molar-refractivity contribution < 1.29 is 14.3 Å². The summed E-state index contributed by atoms with van der Waals surface area (Å²) in [5.41, 5.74) is 3.22. The zero-order valence-electron chi connectivity index (χ0n) is 20.9. The number of nitrogens with one attached hydrogen (secondary N) is 1. The first-order valence-corrected chi connectivity index (χ1v) is 12.9. The lowest BCUT2D eigenvalue weighted by Crippen LogP contribution is -2.43. The standard InChI is InChI=1S/C31H28Cl2N2O3/c1-38-28-10-6-5-9-25(28)20-34-31(37)30(24-7-3-2-4-8-24)35(21-23-13-17-27(33)18-14-23)29(36)19-22-11-15-26(32)16-12-22/h2-18,30H,19-21H2,1H3,(H,34,37)/t30-/m1/s1. The Morgan fingerprint density at radius 2 is 1.37 bits per heavy atom. The summed E-state index contributed by atoms with van der Waals surface area (Å²) in [6.45, 7) is 0.484. The summed E-state index contributed by atoms with van der Waals surface area (Å²) in [4.78, 5) is 29.3. The molecule has 1 atom stereocenters. The fourth-order valence-corrected chi connectivity index (χ4v) is 4.48. The van der Waals surface area contributed by atoms with Gasteiger partial charge in [0.2, 0.25) is 11.8 Å². The number of methoxy groups -OCH3 is 1.